The Morgan fingerprint density at radius 3 is 2.61 bits per heavy atom. The third-order valence-electron chi connectivity index (χ3n) is 2.44. The van der Waals surface area contributed by atoms with Gasteiger partial charge in [0.05, 0.1) is 19.1 Å². The SMILES string of the molecule is COC(=O)CCN(C)C(=O)c1cc(O)ccc1O. The Bertz CT molecular complexity index is 458. The zero-order valence-corrected chi connectivity index (χ0v) is 10.2. The Balaban J connectivity index is 2.74. The van der Waals surface area contributed by atoms with Crippen LogP contribution in [0.2, 0.25) is 0 Å². The second-order valence-corrected chi connectivity index (χ2v) is 3.75. The number of nitrogens with zero attached hydrogens (tertiary/aromatic N) is 1. The van der Waals surface area contributed by atoms with Crippen molar-refractivity contribution in [1.82, 2.24) is 4.90 Å². The third-order valence-corrected chi connectivity index (χ3v) is 2.44. The van der Waals surface area contributed by atoms with Gasteiger partial charge in [-0.25, -0.2) is 0 Å². The van der Waals surface area contributed by atoms with Crippen molar-refractivity contribution in [3.05, 3.63) is 23.8 Å². The third kappa shape index (κ3) is 3.38. The van der Waals surface area contributed by atoms with Crippen LogP contribution in [-0.4, -0.2) is 47.7 Å². The fraction of sp³-hybridized carbons (Fsp3) is 0.333. The van der Waals surface area contributed by atoms with Gasteiger partial charge in [0.1, 0.15) is 11.5 Å². The van der Waals surface area contributed by atoms with E-state index in [0.717, 1.165) is 0 Å². The second kappa shape index (κ2) is 5.90. The van der Waals surface area contributed by atoms with Crippen LogP contribution in [0, 0.1) is 0 Å². The Hall–Kier alpha value is -2.24. The van der Waals surface area contributed by atoms with E-state index in [1.807, 2.05) is 0 Å². The molecular weight excluding hydrogens is 238 g/mol. The number of aromatic hydroxyl groups is 2. The van der Waals surface area contributed by atoms with Crippen LogP contribution in [0.1, 0.15) is 16.8 Å². The van der Waals surface area contributed by atoms with Crippen molar-refractivity contribution in [2.75, 3.05) is 20.7 Å². The Morgan fingerprint density at radius 2 is 2.00 bits per heavy atom. The summed E-state index contributed by atoms with van der Waals surface area (Å²) < 4.78 is 4.46. The average Bonchev–Trinajstić information content (AvgIpc) is 2.37. The summed E-state index contributed by atoms with van der Waals surface area (Å²) in [4.78, 5) is 24.1. The number of hydrogen-bond acceptors (Lipinski definition) is 5. The highest BCUT2D eigenvalue weighted by Gasteiger charge is 2.17. The van der Waals surface area contributed by atoms with Gasteiger partial charge in [-0.05, 0) is 18.2 Å². The van der Waals surface area contributed by atoms with Crippen molar-refractivity contribution < 1.29 is 24.5 Å². The number of amides is 1. The first-order valence-corrected chi connectivity index (χ1v) is 5.30. The molecule has 1 aromatic carbocycles. The molecule has 6 nitrogen and oxygen atoms in total. The predicted octanol–water partition coefficient (Wildman–Crippen LogP) is 0.733. The first kappa shape index (κ1) is 13.8. The first-order valence-electron chi connectivity index (χ1n) is 5.30. The maximum atomic E-state index is 11.9. The molecule has 0 aliphatic carbocycles. The minimum atomic E-state index is -0.479. The molecule has 1 amide bonds. The van der Waals surface area contributed by atoms with E-state index < -0.39 is 11.9 Å². The lowest BCUT2D eigenvalue weighted by Crippen LogP contribution is -2.29. The van der Waals surface area contributed by atoms with E-state index >= 15 is 0 Å². The number of phenolic OH excluding ortho intramolecular Hbond substituents is 2. The predicted molar refractivity (Wildman–Crippen MR) is 63.4 cm³/mol. The van der Waals surface area contributed by atoms with Crippen molar-refractivity contribution in [2.24, 2.45) is 0 Å². The van der Waals surface area contributed by atoms with Gasteiger partial charge in [0.15, 0.2) is 0 Å². The van der Waals surface area contributed by atoms with E-state index in [1.165, 1.54) is 37.3 Å². The second-order valence-electron chi connectivity index (χ2n) is 3.75. The van der Waals surface area contributed by atoms with Crippen LogP contribution in [0.3, 0.4) is 0 Å². The molecule has 1 rings (SSSR count). The molecule has 6 heteroatoms. The zero-order chi connectivity index (χ0) is 13.7. The van der Waals surface area contributed by atoms with Crippen molar-refractivity contribution in [1.29, 1.82) is 0 Å². The van der Waals surface area contributed by atoms with Gasteiger partial charge in [-0.1, -0.05) is 0 Å². The molecule has 0 saturated heterocycles. The van der Waals surface area contributed by atoms with Gasteiger partial charge in [-0.2, -0.15) is 0 Å². The summed E-state index contributed by atoms with van der Waals surface area (Å²) in [6.45, 7) is 0.167. The van der Waals surface area contributed by atoms with Crippen LogP contribution < -0.4 is 0 Å². The fourth-order valence-electron chi connectivity index (χ4n) is 1.36. The largest absolute Gasteiger partial charge is 0.508 e. The summed E-state index contributed by atoms with van der Waals surface area (Å²) >= 11 is 0. The smallest absolute Gasteiger partial charge is 0.307 e. The first-order chi connectivity index (χ1) is 8.45. The summed E-state index contributed by atoms with van der Waals surface area (Å²) in [6, 6.07) is 3.68. The van der Waals surface area contributed by atoms with Crippen LogP contribution in [-0.2, 0) is 9.53 Å². The Kier molecular flexibility index (Phi) is 4.53. The van der Waals surface area contributed by atoms with Gasteiger partial charge >= 0.3 is 5.97 Å². The molecule has 0 unspecified atom stereocenters. The lowest BCUT2D eigenvalue weighted by atomic mass is 10.1. The summed E-state index contributed by atoms with van der Waals surface area (Å²) in [5.41, 5.74) is -0.0117. The van der Waals surface area contributed by atoms with Gasteiger partial charge in [0.2, 0.25) is 0 Å². The molecule has 0 atom stereocenters. The summed E-state index contributed by atoms with van der Waals surface area (Å²) in [5.74, 6) is -1.23. The molecule has 0 heterocycles. The highest BCUT2D eigenvalue weighted by molar-refractivity contribution is 5.97. The molecule has 0 radical (unpaired) electrons. The van der Waals surface area contributed by atoms with Gasteiger partial charge in [-0.15, -0.1) is 0 Å². The van der Waals surface area contributed by atoms with Crippen LogP contribution in [0.5, 0.6) is 11.5 Å². The average molecular weight is 253 g/mol. The number of esters is 1. The highest BCUT2D eigenvalue weighted by atomic mass is 16.5. The maximum absolute atomic E-state index is 11.9. The normalized spacial score (nSPS) is 9.89. The molecule has 18 heavy (non-hydrogen) atoms. The lowest BCUT2D eigenvalue weighted by molar-refractivity contribution is -0.140. The van der Waals surface area contributed by atoms with E-state index in [1.54, 1.807) is 0 Å². The summed E-state index contributed by atoms with van der Waals surface area (Å²) in [6.07, 6.45) is 0.0678. The molecule has 0 saturated carbocycles. The molecule has 2 N–H and O–H groups in total. The molecule has 0 fully saturated rings. The van der Waals surface area contributed by atoms with Crippen molar-refractivity contribution in [3.63, 3.8) is 0 Å². The zero-order valence-electron chi connectivity index (χ0n) is 10.2. The number of carbonyl (C=O) groups is 2. The van der Waals surface area contributed by atoms with Crippen molar-refractivity contribution >= 4 is 11.9 Å². The Morgan fingerprint density at radius 1 is 1.33 bits per heavy atom. The monoisotopic (exact) mass is 253 g/mol. The van der Waals surface area contributed by atoms with E-state index in [4.69, 9.17) is 0 Å². The van der Waals surface area contributed by atoms with Crippen LogP contribution >= 0.6 is 0 Å². The van der Waals surface area contributed by atoms with Gasteiger partial charge in [0, 0.05) is 13.6 Å². The molecule has 0 spiro atoms. The number of rotatable bonds is 4. The number of ether oxygens (including phenoxy) is 1. The fourth-order valence-corrected chi connectivity index (χ4v) is 1.36. The molecule has 0 aromatic heterocycles. The molecule has 1 aromatic rings. The molecule has 0 aliphatic rings. The van der Waals surface area contributed by atoms with Gasteiger partial charge in [0.25, 0.3) is 5.91 Å². The molecule has 0 bridgehead atoms. The molecule has 98 valence electrons. The van der Waals surface area contributed by atoms with Gasteiger partial charge in [-0.3, -0.25) is 9.59 Å². The van der Waals surface area contributed by atoms with Crippen molar-refractivity contribution in [2.45, 2.75) is 6.42 Å². The van der Waals surface area contributed by atoms with Crippen LogP contribution in [0.4, 0.5) is 0 Å². The van der Waals surface area contributed by atoms with Crippen LogP contribution in [0.15, 0.2) is 18.2 Å². The van der Waals surface area contributed by atoms with Crippen molar-refractivity contribution in [3.8, 4) is 11.5 Å². The summed E-state index contributed by atoms with van der Waals surface area (Å²) in [5, 5.41) is 18.8. The number of benzene rings is 1. The number of phenols is 2. The number of carbonyl (C=O) groups excluding carboxylic acids is 2. The summed E-state index contributed by atoms with van der Waals surface area (Å²) in [7, 11) is 2.76. The molecule has 0 aliphatic heterocycles. The lowest BCUT2D eigenvalue weighted by Gasteiger charge is -2.17. The van der Waals surface area contributed by atoms with E-state index in [9.17, 15) is 19.8 Å². The minimum Gasteiger partial charge on any atom is -0.508 e. The number of hydrogen-bond donors (Lipinski definition) is 2. The Labute approximate surface area is 104 Å². The highest BCUT2D eigenvalue weighted by Crippen LogP contribution is 2.23. The minimum absolute atomic E-state index is 0.0117. The quantitative estimate of drug-likeness (QED) is 0.610. The van der Waals surface area contributed by atoms with E-state index in [-0.39, 0.29) is 30.0 Å². The molecular formula is C12H15NO5. The maximum Gasteiger partial charge on any atom is 0.307 e. The topological polar surface area (TPSA) is 87.1 Å². The van der Waals surface area contributed by atoms with Gasteiger partial charge < -0.3 is 19.8 Å². The van der Waals surface area contributed by atoms with Crippen LogP contribution in [0.25, 0.3) is 0 Å². The van der Waals surface area contributed by atoms with E-state index in [2.05, 4.69) is 4.74 Å². The standard InChI is InChI=1S/C12H15NO5/c1-13(6-5-11(16)18-2)12(17)9-7-8(14)3-4-10(9)15/h3-4,7,14-15H,5-6H2,1-2H3. The van der Waals surface area contributed by atoms with E-state index in [0.29, 0.717) is 0 Å². The number of methoxy groups -OCH3 is 1.